The van der Waals surface area contributed by atoms with Crippen molar-refractivity contribution < 1.29 is 4.79 Å². The molecule has 3 N–H and O–H groups in total. The van der Waals surface area contributed by atoms with Gasteiger partial charge in [-0.25, -0.2) is 0 Å². The van der Waals surface area contributed by atoms with Crippen molar-refractivity contribution in [3.63, 3.8) is 0 Å². The van der Waals surface area contributed by atoms with E-state index >= 15 is 0 Å². The molecule has 1 aliphatic heterocycles. The summed E-state index contributed by atoms with van der Waals surface area (Å²) < 4.78 is 0. The van der Waals surface area contributed by atoms with Crippen LogP contribution in [0.15, 0.2) is 30.3 Å². The fourth-order valence-electron chi connectivity index (χ4n) is 3.81. The summed E-state index contributed by atoms with van der Waals surface area (Å²) in [6, 6.07) is 11.2. The molecule has 1 saturated carbocycles. The van der Waals surface area contributed by atoms with Crippen molar-refractivity contribution in [2.24, 2.45) is 11.7 Å². The van der Waals surface area contributed by atoms with Gasteiger partial charge in [-0.3, -0.25) is 4.79 Å². The zero-order valence-corrected chi connectivity index (χ0v) is 13.9. The summed E-state index contributed by atoms with van der Waals surface area (Å²) in [6.45, 7) is 3.28. The van der Waals surface area contributed by atoms with Gasteiger partial charge >= 0.3 is 0 Å². The number of rotatable bonds is 5. The van der Waals surface area contributed by atoms with Crippen LogP contribution in [0.2, 0.25) is 0 Å². The minimum Gasteiger partial charge on any atom is -0.353 e. The topological polar surface area (TPSA) is 58.4 Å². The number of amides is 1. The molecule has 1 aromatic carbocycles. The normalized spacial score (nSPS) is 26.3. The second kappa shape index (κ2) is 7.93. The van der Waals surface area contributed by atoms with Crippen molar-refractivity contribution in [3.8, 4) is 0 Å². The van der Waals surface area contributed by atoms with Crippen LogP contribution in [0.3, 0.4) is 0 Å². The van der Waals surface area contributed by atoms with Crippen molar-refractivity contribution >= 4 is 5.91 Å². The molecule has 2 atom stereocenters. The Kier molecular flexibility index (Phi) is 5.68. The third-order valence-electron chi connectivity index (χ3n) is 5.34. The minimum absolute atomic E-state index is 0.154. The molecule has 1 amide bonds. The van der Waals surface area contributed by atoms with E-state index in [1.807, 2.05) is 0 Å². The van der Waals surface area contributed by atoms with Gasteiger partial charge in [-0.05, 0) is 44.1 Å². The maximum Gasteiger partial charge on any atom is 0.223 e. The highest BCUT2D eigenvalue weighted by atomic mass is 16.1. The molecule has 1 aliphatic carbocycles. The van der Waals surface area contributed by atoms with Crippen LogP contribution in [-0.2, 0) is 11.2 Å². The van der Waals surface area contributed by atoms with E-state index in [1.165, 1.54) is 5.56 Å². The average Bonchev–Trinajstić information content (AvgIpc) is 3.02. The highest BCUT2D eigenvalue weighted by Gasteiger charge is 2.29. The first-order valence-corrected chi connectivity index (χ1v) is 9.03. The van der Waals surface area contributed by atoms with Crippen LogP contribution in [0.5, 0.6) is 0 Å². The van der Waals surface area contributed by atoms with Crippen LogP contribution >= 0.6 is 0 Å². The Bertz CT molecular complexity index is 497. The lowest BCUT2D eigenvalue weighted by molar-refractivity contribution is -0.125. The minimum atomic E-state index is 0.154. The lowest BCUT2D eigenvalue weighted by Crippen LogP contribution is -2.46. The van der Waals surface area contributed by atoms with Gasteiger partial charge < -0.3 is 16.0 Å². The van der Waals surface area contributed by atoms with Gasteiger partial charge in [-0.15, -0.1) is 0 Å². The summed E-state index contributed by atoms with van der Waals surface area (Å²) in [5.41, 5.74) is 7.31. The van der Waals surface area contributed by atoms with Crippen LogP contribution in [0.25, 0.3) is 0 Å². The molecule has 126 valence electrons. The number of hydrogen-bond acceptors (Lipinski definition) is 3. The molecule has 1 aromatic rings. The quantitative estimate of drug-likeness (QED) is 0.873. The highest BCUT2D eigenvalue weighted by molar-refractivity contribution is 5.79. The SMILES string of the molecule is NC1CCC(C(=O)NC2CCN(CCc3ccccc3)CC2)C1. The van der Waals surface area contributed by atoms with E-state index in [0.717, 1.165) is 58.2 Å². The van der Waals surface area contributed by atoms with Crippen molar-refractivity contribution in [2.75, 3.05) is 19.6 Å². The van der Waals surface area contributed by atoms with Crippen LogP contribution in [0.1, 0.15) is 37.7 Å². The molecular formula is C19H29N3O. The highest BCUT2D eigenvalue weighted by Crippen LogP contribution is 2.24. The smallest absolute Gasteiger partial charge is 0.223 e. The number of benzene rings is 1. The van der Waals surface area contributed by atoms with E-state index < -0.39 is 0 Å². The zero-order valence-electron chi connectivity index (χ0n) is 13.9. The largest absolute Gasteiger partial charge is 0.353 e. The fourth-order valence-corrected chi connectivity index (χ4v) is 3.81. The first-order chi connectivity index (χ1) is 11.2. The molecule has 0 spiro atoms. The molecule has 2 fully saturated rings. The molecule has 0 bridgehead atoms. The molecule has 2 aliphatic rings. The summed E-state index contributed by atoms with van der Waals surface area (Å²) in [7, 11) is 0. The van der Waals surface area contributed by atoms with Crippen LogP contribution < -0.4 is 11.1 Å². The fraction of sp³-hybridized carbons (Fsp3) is 0.632. The molecule has 0 radical (unpaired) electrons. The van der Waals surface area contributed by atoms with Gasteiger partial charge in [-0.2, -0.15) is 0 Å². The Hall–Kier alpha value is -1.39. The molecule has 1 heterocycles. The lowest BCUT2D eigenvalue weighted by atomic mass is 10.0. The standard InChI is InChI=1S/C19H29N3O/c20-17-7-6-16(14-17)19(23)21-18-9-12-22(13-10-18)11-8-15-4-2-1-3-5-15/h1-5,16-18H,6-14,20H2,(H,21,23). The monoisotopic (exact) mass is 315 g/mol. The van der Waals surface area contributed by atoms with Gasteiger partial charge in [0.2, 0.25) is 5.91 Å². The van der Waals surface area contributed by atoms with Crippen molar-refractivity contribution in [1.29, 1.82) is 0 Å². The Morgan fingerprint density at radius 2 is 1.87 bits per heavy atom. The molecule has 2 unspecified atom stereocenters. The maximum atomic E-state index is 12.3. The Morgan fingerprint density at radius 1 is 1.13 bits per heavy atom. The number of hydrogen-bond donors (Lipinski definition) is 2. The zero-order chi connectivity index (χ0) is 16.1. The third-order valence-corrected chi connectivity index (χ3v) is 5.34. The van der Waals surface area contributed by atoms with Gasteiger partial charge in [0, 0.05) is 37.6 Å². The third kappa shape index (κ3) is 4.79. The first kappa shape index (κ1) is 16.5. The first-order valence-electron chi connectivity index (χ1n) is 9.03. The number of nitrogens with zero attached hydrogens (tertiary/aromatic N) is 1. The van der Waals surface area contributed by atoms with Gasteiger partial charge in [0.15, 0.2) is 0 Å². The molecular weight excluding hydrogens is 286 g/mol. The number of piperidine rings is 1. The number of nitrogens with one attached hydrogen (secondary N) is 1. The molecule has 1 saturated heterocycles. The van der Waals surface area contributed by atoms with Crippen LogP contribution in [0.4, 0.5) is 0 Å². The van der Waals surface area contributed by atoms with Gasteiger partial charge in [-0.1, -0.05) is 30.3 Å². The van der Waals surface area contributed by atoms with Gasteiger partial charge in [0.05, 0.1) is 0 Å². The summed E-state index contributed by atoms with van der Waals surface area (Å²) in [5, 5.41) is 3.25. The summed E-state index contributed by atoms with van der Waals surface area (Å²) in [4.78, 5) is 14.8. The summed E-state index contributed by atoms with van der Waals surface area (Å²) in [5.74, 6) is 0.391. The van der Waals surface area contributed by atoms with Gasteiger partial charge in [0.25, 0.3) is 0 Å². The predicted octanol–water partition coefficient (Wildman–Crippen LogP) is 1.94. The van der Waals surface area contributed by atoms with E-state index in [2.05, 4.69) is 40.5 Å². The number of carbonyl (C=O) groups excluding carboxylic acids is 1. The Morgan fingerprint density at radius 3 is 2.52 bits per heavy atom. The predicted molar refractivity (Wildman–Crippen MR) is 93.1 cm³/mol. The Balaban J connectivity index is 1.36. The van der Waals surface area contributed by atoms with Crippen LogP contribution in [0, 0.1) is 5.92 Å². The number of nitrogens with two attached hydrogens (primary N) is 1. The summed E-state index contributed by atoms with van der Waals surface area (Å²) in [6.07, 6.45) is 6.07. The number of likely N-dealkylation sites (tertiary alicyclic amines) is 1. The van der Waals surface area contributed by atoms with Crippen molar-refractivity contribution in [3.05, 3.63) is 35.9 Å². The Labute approximate surface area is 139 Å². The van der Waals surface area contributed by atoms with E-state index in [0.29, 0.717) is 6.04 Å². The van der Waals surface area contributed by atoms with Gasteiger partial charge in [0.1, 0.15) is 0 Å². The molecule has 0 aromatic heterocycles. The van der Waals surface area contributed by atoms with Crippen LogP contribution in [-0.4, -0.2) is 42.5 Å². The second-order valence-corrected chi connectivity index (χ2v) is 7.13. The van der Waals surface area contributed by atoms with E-state index in [9.17, 15) is 4.79 Å². The molecule has 4 heteroatoms. The molecule has 3 rings (SSSR count). The second-order valence-electron chi connectivity index (χ2n) is 7.13. The maximum absolute atomic E-state index is 12.3. The van der Waals surface area contributed by atoms with Crippen molar-refractivity contribution in [2.45, 2.75) is 50.6 Å². The molecule has 23 heavy (non-hydrogen) atoms. The lowest BCUT2D eigenvalue weighted by Gasteiger charge is -2.32. The average molecular weight is 315 g/mol. The molecule has 4 nitrogen and oxygen atoms in total. The number of carbonyl (C=O) groups is 1. The van der Waals surface area contributed by atoms with E-state index in [-0.39, 0.29) is 17.9 Å². The van der Waals surface area contributed by atoms with E-state index in [4.69, 9.17) is 5.73 Å². The summed E-state index contributed by atoms with van der Waals surface area (Å²) >= 11 is 0. The van der Waals surface area contributed by atoms with Crippen molar-refractivity contribution in [1.82, 2.24) is 10.2 Å². The van der Waals surface area contributed by atoms with E-state index in [1.54, 1.807) is 0 Å².